The molecule has 0 aliphatic heterocycles. The summed E-state index contributed by atoms with van der Waals surface area (Å²) in [7, 11) is 0. The maximum atomic E-state index is 12.3. The number of allylic oxidation sites excluding steroid dienone is 2. The van der Waals surface area contributed by atoms with Gasteiger partial charge in [-0.25, -0.2) is 0 Å². The Kier molecular flexibility index (Phi) is 16.7. The number of carbonyl (C=O) groups is 1. The van der Waals surface area contributed by atoms with E-state index < -0.39 is 0 Å². The highest BCUT2D eigenvalue weighted by Gasteiger charge is 2.13. The van der Waals surface area contributed by atoms with Gasteiger partial charge < -0.3 is 21.5 Å². The minimum Gasteiger partial charge on any atom is -0.392 e. The number of carbonyl (C=O) groups excluding carboxylic acids is 1. The van der Waals surface area contributed by atoms with Gasteiger partial charge in [0.2, 0.25) is 0 Å². The van der Waals surface area contributed by atoms with Gasteiger partial charge >= 0.3 is 0 Å². The first-order valence-corrected chi connectivity index (χ1v) is 15.1. The number of aryl methyl sites for hydroxylation is 3. The van der Waals surface area contributed by atoms with Crippen LogP contribution in [0.25, 0.3) is 0 Å². The summed E-state index contributed by atoms with van der Waals surface area (Å²) in [6.45, 7) is 11.9. The number of pyridine rings is 2. The quantitative estimate of drug-likeness (QED) is 0.127. The Morgan fingerprint density at radius 2 is 1.98 bits per heavy atom. The van der Waals surface area contributed by atoms with Crippen LogP contribution in [-0.4, -0.2) is 40.3 Å². The number of hydrogen-bond donors (Lipinski definition) is 4. The number of aliphatic hydroxyl groups excluding tert-OH is 1. The van der Waals surface area contributed by atoms with E-state index in [1.54, 1.807) is 31.5 Å². The van der Waals surface area contributed by atoms with Gasteiger partial charge in [0.1, 0.15) is 0 Å². The van der Waals surface area contributed by atoms with Gasteiger partial charge in [-0.1, -0.05) is 56.3 Å². The summed E-state index contributed by atoms with van der Waals surface area (Å²) in [4.78, 5) is 24.9. The van der Waals surface area contributed by atoms with Crippen LogP contribution in [0.15, 0.2) is 78.3 Å². The van der Waals surface area contributed by atoms with Gasteiger partial charge in [0.25, 0.3) is 5.91 Å². The first-order valence-electron chi connectivity index (χ1n) is 14.7. The molecular formula is C34H45ClN6O2. The van der Waals surface area contributed by atoms with E-state index in [0.717, 1.165) is 16.7 Å². The van der Waals surface area contributed by atoms with Crippen LogP contribution < -0.4 is 16.4 Å². The number of fused-ring (bicyclic) bond motifs is 1. The van der Waals surface area contributed by atoms with Crippen molar-refractivity contribution in [3.05, 3.63) is 117 Å². The topological polar surface area (TPSA) is 126 Å². The summed E-state index contributed by atoms with van der Waals surface area (Å²) in [5.74, 6) is -0.331. The van der Waals surface area contributed by atoms with Crippen molar-refractivity contribution in [2.45, 2.75) is 66.2 Å². The molecular weight excluding hydrogens is 560 g/mol. The summed E-state index contributed by atoms with van der Waals surface area (Å²) >= 11 is 6.05. The molecule has 0 unspecified atom stereocenters. The molecule has 2 heterocycles. The molecule has 0 radical (unpaired) electrons. The van der Waals surface area contributed by atoms with Gasteiger partial charge in [-0.2, -0.15) is 0 Å². The molecule has 8 nitrogen and oxygen atoms in total. The molecule has 230 valence electrons. The van der Waals surface area contributed by atoms with Crippen molar-refractivity contribution < 1.29 is 9.90 Å². The Morgan fingerprint density at radius 1 is 1.19 bits per heavy atom. The number of nitrogens with two attached hydrogens (primary N) is 1. The highest BCUT2D eigenvalue weighted by molar-refractivity contribution is 6.34. The van der Waals surface area contributed by atoms with Crippen LogP contribution in [0.1, 0.15) is 70.6 Å². The Bertz CT molecular complexity index is 1330. The Labute approximate surface area is 261 Å². The van der Waals surface area contributed by atoms with Crippen LogP contribution in [-0.2, 0) is 32.5 Å². The van der Waals surface area contributed by atoms with Crippen LogP contribution in [0.3, 0.4) is 0 Å². The highest BCUT2D eigenvalue weighted by Crippen LogP contribution is 2.19. The number of rotatable bonds is 11. The van der Waals surface area contributed by atoms with Crippen LogP contribution in [0, 0.1) is 6.92 Å². The van der Waals surface area contributed by atoms with E-state index in [4.69, 9.17) is 17.3 Å². The van der Waals surface area contributed by atoms with Gasteiger partial charge in [-0.15, -0.1) is 0 Å². The maximum absolute atomic E-state index is 12.3. The number of benzene rings is 1. The van der Waals surface area contributed by atoms with Gasteiger partial charge in [0, 0.05) is 55.8 Å². The molecule has 0 fully saturated rings. The summed E-state index contributed by atoms with van der Waals surface area (Å²) in [5, 5.41) is 15.8. The molecule has 4 rings (SSSR count). The van der Waals surface area contributed by atoms with Crippen molar-refractivity contribution in [3.63, 3.8) is 0 Å². The van der Waals surface area contributed by atoms with Crippen molar-refractivity contribution in [2.75, 3.05) is 13.1 Å². The van der Waals surface area contributed by atoms with Gasteiger partial charge in [0.15, 0.2) is 0 Å². The number of aliphatic imine (C=N–C) groups is 1. The molecule has 3 aromatic rings. The second-order valence-electron chi connectivity index (χ2n) is 9.67. The molecule has 1 aliphatic carbocycles. The largest absolute Gasteiger partial charge is 0.392 e. The number of aromatic nitrogens is 2. The second kappa shape index (κ2) is 20.3. The Balaban J connectivity index is 0.000000444. The van der Waals surface area contributed by atoms with E-state index in [0.29, 0.717) is 48.0 Å². The maximum Gasteiger partial charge on any atom is 0.257 e. The highest BCUT2D eigenvalue weighted by atomic mass is 35.5. The van der Waals surface area contributed by atoms with Crippen LogP contribution >= 0.6 is 11.6 Å². The fourth-order valence-electron chi connectivity index (χ4n) is 4.39. The van der Waals surface area contributed by atoms with Gasteiger partial charge in [-0.05, 0) is 78.6 Å². The van der Waals surface area contributed by atoms with E-state index in [9.17, 15) is 9.90 Å². The lowest BCUT2D eigenvalue weighted by Gasteiger charge is -2.12. The monoisotopic (exact) mass is 604 g/mol. The molecule has 0 bridgehead atoms. The minimum absolute atomic E-state index is 0.0127. The van der Waals surface area contributed by atoms with Crippen molar-refractivity contribution >= 4 is 23.7 Å². The number of aliphatic hydroxyl groups is 1. The lowest BCUT2D eigenvalue weighted by atomic mass is 9.96. The molecule has 1 amide bonds. The molecule has 0 atom stereocenters. The predicted molar refractivity (Wildman–Crippen MR) is 177 cm³/mol. The number of halogens is 1. The summed E-state index contributed by atoms with van der Waals surface area (Å²) in [6, 6.07) is 10.1. The van der Waals surface area contributed by atoms with E-state index in [1.807, 2.05) is 44.3 Å². The summed E-state index contributed by atoms with van der Waals surface area (Å²) in [5.41, 5.74) is 12.9. The smallest absolute Gasteiger partial charge is 0.257 e. The van der Waals surface area contributed by atoms with E-state index >= 15 is 0 Å². The second-order valence-corrected chi connectivity index (χ2v) is 10.1. The van der Waals surface area contributed by atoms with Gasteiger partial charge in [-0.3, -0.25) is 19.8 Å². The number of hydrogen-bond acceptors (Lipinski definition) is 7. The minimum atomic E-state index is -0.331. The zero-order valence-corrected chi connectivity index (χ0v) is 26.3. The van der Waals surface area contributed by atoms with E-state index in [1.165, 1.54) is 43.1 Å². The molecule has 0 saturated heterocycles. The normalized spacial score (nSPS) is 12.1. The Morgan fingerprint density at radius 3 is 2.70 bits per heavy atom. The molecule has 5 N–H and O–H groups in total. The molecule has 0 spiro atoms. The van der Waals surface area contributed by atoms with Crippen molar-refractivity contribution in [1.29, 1.82) is 0 Å². The average molecular weight is 605 g/mol. The van der Waals surface area contributed by atoms with Crippen LogP contribution in [0.5, 0.6) is 0 Å². The lowest BCUT2D eigenvalue weighted by Crippen LogP contribution is -2.22. The van der Waals surface area contributed by atoms with Crippen molar-refractivity contribution in [1.82, 2.24) is 20.6 Å². The fraction of sp³-hybridized carbons (Fsp3) is 0.353. The average Bonchev–Trinajstić information content (AvgIpc) is 3.03. The fourth-order valence-corrected chi connectivity index (χ4v) is 4.68. The molecule has 9 heteroatoms. The molecule has 2 aromatic heterocycles. The number of nitrogens with one attached hydrogen (secondary N) is 2. The van der Waals surface area contributed by atoms with E-state index in [2.05, 4.69) is 38.2 Å². The first kappa shape index (κ1) is 35.5. The lowest BCUT2D eigenvalue weighted by molar-refractivity contribution is 0.0966. The van der Waals surface area contributed by atoms with Crippen LogP contribution in [0.4, 0.5) is 0 Å². The standard InChI is InChI=1S/C23H28ClN5O2.C9H11N.C2H6/c1-16-12-28-14-21(24)22(16)23(31)29-17(2)4-3-7-26-8-9-27-13-19-6-5-18(11-25)10-20(19)15-30;1-2-6-9-8(4-1)5-3-7-10-9;1-2/h3-7,10,12,14,27,30H,2,8-9,11,13,15,25H2,1H3,(H,29,31);3,5,7H,1-2,4,6H2;1-2H3/b4-3-,26-7?;;. The number of nitrogens with zero attached hydrogens (tertiary/aromatic N) is 3. The zero-order chi connectivity index (χ0) is 31.5. The SMILES string of the molecule is C=C(/C=C\C=NCCNCc1ccc(CN)cc1CO)NC(=O)c1c(C)cncc1Cl.CC.c1cnc2c(c1)CCCC2. The molecule has 43 heavy (non-hydrogen) atoms. The Hall–Kier alpha value is -3.69. The van der Waals surface area contributed by atoms with Crippen LogP contribution in [0.2, 0.25) is 5.02 Å². The zero-order valence-electron chi connectivity index (χ0n) is 25.6. The molecule has 1 aliphatic rings. The predicted octanol–water partition coefficient (Wildman–Crippen LogP) is 5.64. The van der Waals surface area contributed by atoms with Crippen molar-refractivity contribution in [2.24, 2.45) is 10.7 Å². The summed E-state index contributed by atoms with van der Waals surface area (Å²) < 4.78 is 0. The third-order valence-electron chi connectivity index (χ3n) is 6.58. The van der Waals surface area contributed by atoms with E-state index in [-0.39, 0.29) is 12.5 Å². The molecule has 1 aromatic carbocycles. The van der Waals surface area contributed by atoms with Gasteiger partial charge in [0.05, 0.1) is 23.7 Å². The summed E-state index contributed by atoms with van der Waals surface area (Å²) in [6.07, 6.45) is 15.0. The third-order valence-corrected chi connectivity index (χ3v) is 6.87. The number of amides is 1. The first-order chi connectivity index (χ1) is 20.9. The third kappa shape index (κ3) is 12.2. The molecule has 0 saturated carbocycles. The van der Waals surface area contributed by atoms with Crippen molar-refractivity contribution in [3.8, 4) is 0 Å².